The number of halogens is 3. The number of amides is 1. The predicted octanol–water partition coefficient (Wildman–Crippen LogP) is 5.08. The highest BCUT2D eigenvalue weighted by molar-refractivity contribution is 5.92. The van der Waals surface area contributed by atoms with Crippen LogP contribution in [0.5, 0.6) is 5.88 Å². The van der Waals surface area contributed by atoms with Crippen LogP contribution < -0.4 is 10.1 Å². The fourth-order valence-corrected chi connectivity index (χ4v) is 4.15. The van der Waals surface area contributed by atoms with Gasteiger partial charge in [0.2, 0.25) is 11.8 Å². The van der Waals surface area contributed by atoms with E-state index in [1.54, 1.807) is 30.9 Å². The molecule has 1 aliphatic rings. The molecule has 39 heavy (non-hydrogen) atoms. The number of nitrogens with zero attached hydrogens (tertiary/aromatic N) is 4. The van der Waals surface area contributed by atoms with E-state index in [1.165, 1.54) is 0 Å². The molecule has 1 aromatic carbocycles. The van der Waals surface area contributed by atoms with Crippen LogP contribution in [-0.4, -0.2) is 32.5 Å². The van der Waals surface area contributed by atoms with E-state index in [1.807, 2.05) is 29.8 Å². The predicted molar refractivity (Wildman–Crippen MR) is 140 cm³/mol. The Morgan fingerprint density at radius 1 is 1.08 bits per heavy atom. The minimum absolute atomic E-state index is 0.0163. The maximum absolute atomic E-state index is 13.2. The Labute approximate surface area is 222 Å². The number of benzene rings is 1. The summed E-state index contributed by atoms with van der Waals surface area (Å²) in [6, 6.07) is 10.2. The van der Waals surface area contributed by atoms with Crippen molar-refractivity contribution in [1.29, 1.82) is 0 Å². The number of methoxy groups -OCH3 is 1. The summed E-state index contributed by atoms with van der Waals surface area (Å²) in [5, 5.41) is 2.47. The van der Waals surface area contributed by atoms with E-state index < -0.39 is 23.5 Å². The largest absolute Gasteiger partial charge is 0.481 e. The van der Waals surface area contributed by atoms with Gasteiger partial charge in [0.05, 0.1) is 43.6 Å². The van der Waals surface area contributed by atoms with Gasteiger partial charge in [-0.1, -0.05) is 30.2 Å². The van der Waals surface area contributed by atoms with Crippen molar-refractivity contribution < 1.29 is 22.7 Å². The molecular weight excluding hydrogens is 507 g/mol. The Morgan fingerprint density at radius 2 is 1.87 bits per heavy atom. The van der Waals surface area contributed by atoms with Crippen LogP contribution in [-0.2, 0) is 30.9 Å². The number of alkyl halides is 3. The van der Waals surface area contributed by atoms with Gasteiger partial charge in [0.25, 0.3) is 0 Å². The molecular formula is C29H22F3N5O2. The number of aromatic nitrogens is 4. The number of fused-ring (bicyclic) bond motifs is 1. The van der Waals surface area contributed by atoms with Crippen molar-refractivity contribution >= 4 is 17.7 Å². The van der Waals surface area contributed by atoms with Gasteiger partial charge in [0.1, 0.15) is 11.3 Å². The third-order valence-electron chi connectivity index (χ3n) is 6.14. The van der Waals surface area contributed by atoms with Gasteiger partial charge in [0.15, 0.2) is 0 Å². The molecule has 1 aliphatic carbocycles. The fourth-order valence-electron chi connectivity index (χ4n) is 4.15. The van der Waals surface area contributed by atoms with Crippen LogP contribution >= 0.6 is 0 Å². The number of hydrogen-bond donors (Lipinski definition) is 1. The lowest BCUT2D eigenvalue weighted by Gasteiger charge is -2.13. The number of imidazole rings is 1. The van der Waals surface area contributed by atoms with Crippen LogP contribution in [0, 0.1) is 11.8 Å². The van der Waals surface area contributed by atoms with E-state index in [2.05, 4.69) is 42.9 Å². The lowest BCUT2D eigenvalue weighted by Crippen LogP contribution is -2.16. The third-order valence-corrected chi connectivity index (χ3v) is 6.14. The third kappa shape index (κ3) is 5.83. The van der Waals surface area contributed by atoms with E-state index in [9.17, 15) is 18.0 Å². The number of ether oxygens (including phenoxy) is 1. The summed E-state index contributed by atoms with van der Waals surface area (Å²) in [6.07, 6.45) is 4.39. The zero-order chi connectivity index (χ0) is 27.6. The first-order valence-electron chi connectivity index (χ1n) is 11.9. The van der Waals surface area contributed by atoms with Gasteiger partial charge in [-0.25, -0.2) is 9.97 Å². The Hall–Kier alpha value is -4.91. The van der Waals surface area contributed by atoms with E-state index in [-0.39, 0.29) is 12.1 Å². The first-order valence-corrected chi connectivity index (χ1v) is 11.9. The number of carbonyl (C=O) groups excluding carboxylic acids is 1. The topological polar surface area (TPSA) is 81.9 Å². The van der Waals surface area contributed by atoms with Gasteiger partial charge in [-0.3, -0.25) is 9.78 Å². The van der Waals surface area contributed by atoms with Crippen molar-refractivity contribution in [2.75, 3.05) is 12.4 Å². The molecule has 1 N–H and O–H groups in total. The standard InChI is InChI=1S/C29H22F3N5O2/c1-37-17-33-16-24(37)8-5-19-9-21-12-22(14-34-26(21)10-19)20-6-3-18(4-7-20)11-27(38)36-23-13-25(29(30,31)32)28(39-2)35-15-23/h3-4,6-7,9,12-17H,10-11H2,1-2H3,(H,36,38). The molecule has 0 saturated carbocycles. The normalized spacial score (nSPS) is 12.3. The average Bonchev–Trinajstić information content (AvgIpc) is 3.52. The Morgan fingerprint density at radius 3 is 2.56 bits per heavy atom. The summed E-state index contributed by atoms with van der Waals surface area (Å²) in [6.45, 7) is 0. The van der Waals surface area contributed by atoms with Crippen LogP contribution in [0.2, 0.25) is 0 Å². The minimum atomic E-state index is -4.66. The summed E-state index contributed by atoms with van der Waals surface area (Å²) < 4.78 is 46.2. The number of pyridine rings is 2. The lowest BCUT2D eigenvalue weighted by molar-refractivity contribution is -0.139. The van der Waals surface area contributed by atoms with Crippen LogP contribution in [0.25, 0.3) is 17.2 Å². The summed E-state index contributed by atoms with van der Waals surface area (Å²) in [5.41, 5.74) is 5.21. The molecule has 0 unspecified atom stereocenters. The molecule has 196 valence electrons. The van der Waals surface area contributed by atoms with Crippen molar-refractivity contribution in [2.45, 2.75) is 19.0 Å². The van der Waals surface area contributed by atoms with E-state index in [0.717, 1.165) is 53.0 Å². The Bertz CT molecular complexity index is 1640. The fraction of sp³-hybridized carbons (Fsp3) is 0.172. The summed E-state index contributed by atoms with van der Waals surface area (Å²) in [4.78, 5) is 24.8. The summed E-state index contributed by atoms with van der Waals surface area (Å²) in [5.74, 6) is 5.31. The van der Waals surface area contributed by atoms with Crippen molar-refractivity contribution in [3.8, 4) is 28.8 Å². The SMILES string of the molecule is COc1ncc(NC(=O)Cc2ccc(-c3cnc4c(c3)C=C(C#Cc3cncn3C)C4)cc2)cc1C(F)(F)F. The second-order valence-corrected chi connectivity index (χ2v) is 8.95. The van der Waals surface area contributed by atoms with Gasteiger partial charge in [-0.2, -0.15) is 13.2 Å². The second kappa shape index (κ2) is 10.5. The van der Waals surface area contributed by atoms with Crippen molar-refractivity contribution in [1.82, 2.24) is 19.5 Å². The smallest absolute Gasteiger partial charge is 0.421 e. The Kier molecular flexibility index (Phi) is 6.90. The number of nitrogens with one attached hydrogen (secondary N) is 1. The molecule has 3 aromatic heterocycles. The highest BCUT2D eigenvalue weighted by Crippen LogP contribution is 2.36. The maximum Gasteiger partial charge on any atom is 0.421 e. The van der Waals surface area contributed by atoms with E-state index in [0.29, 0.717) is 12.0 Å². The quantitative estimate of drug-likeness (QED) is 0.365. The molecule has 3 heterocycles. The van der Waals surface area contributed by atoms with Crippen LogP contribution in [0.1, 0.15) is 28.1 Å². The summed E-state index contributed by atoms with van der Waals surface area (Å²) in [7, 11) is 3.00. The molecule has 0 saturated heterocycles. The highest BCUT2D eigenvalue weighted by Gasteiger charge is 2.35. The molecule has 0 radical (unpaired) electrons. The molecule has 0 aliphatic heterocycles. The van der Waals surface area contributed by atoms with Crippen LogP contribution in [0.4, 0.5) is 18.9 Å². The van der Waals surface area contributed by atoms with Crippen LogP contribution in [0.3, 0.4) is 0 Å². The van der Waals surface area contributed by atoms with Gasteiger partial charge < -0.3 is 14.6 Å². The van der Waals surface area contributed by atoms with E-state index >= 15 is 0 Å². The number of anilines is 1. The first kappa shape index (κ1) is 25.7. The zero-order valence-electron chi connectivity index (χ0n) is 21.0. The van der Waals surface area contributed by atoms with Crippen molar-refractivity contribution in [2.24, 2.45) is 7.05 Å². The molecule has 0 atom stereocenters. The number of rotatable bonds is 5. The second-order valence-electron chi connectivity index (χ2n) is 8.95. The van der Waals surface area contributed by atoms with Gasteiger partial charge in [-0.15, -0.1) is 0 Å². The molecule has 4 aromatic rings. The number of hydrogen-bond acceptors (Lipinski definition) is 5. The molecule has 5 rings (SSSR count). The maximum atomic E-state index is 13.2. The molecule has 1 amide bonds. The highest BCUT2D eigenvalue weighted by atomic mass is 19.4. The number of aryl methyl sites for hydroxylation is 1. The molecule has 10 heteroatoms. The number of carbonyl (C=O) groups is 1. The molecule has 0 bridgehead atoms. The zero-order valence-corrected chi connectivity index (χ0v) is 21.0. The van der Waals surface area contributed by atoms with Crippen molar-refractivity contribution in [3.63, 3.8) is 0 Å². The van der Waals surface area contributed by atoms with Crippen LogP contribution in [0.15, 0.2) is 66.9 Å². The molecule has 7 nitrogen and oxygen atoms in total. The Balaban J connectivity index is 1.25. The number of allylic oxidation sites excluding steroid dienone is 1. The van der Waals surface area contributed by atoms with Gasteiger partial charge in [0, 0.05) is 30.8 Å². The van der Waals surface area contributed by atoms with Gasteiger partial charge in [-0.05, 0) is 40.8 Å². The monoisotopic (exact) mass is 529 g/mol. The summed E-state index contributed by atoms with van der Waals surface area (Å²) >= 11 is 0. The minimum Gasteiger partial charge on any atom is -0.481 e. The lowest BCUT2D eigenvalue weighted by atomic mass is 10.0. The average molecular weight is 530 g/mol. The van der Waals surface area contributed by atoms with Gasteiger partial charge >= 0.3 is 6.18 Å². The van der Waals surface area contributed by atoms with Crippen molar-refractivity contribution in [3.05, 3.63) is 95.0 Å². The molecule has 0 fully saturated rings. The molecule has 0 spiro atoms. The first-order chi connectivity index (χ1) is 18.7. The van der Waals surface area contributed by atoms with E-state index in [4.69, 9.17) is 0 Å².